The van der Waals surface area contributed by atoms with Gasteiger partial charge in [-0.25, -0.2) is 0 Å². The van der Waals surface area contributed by atoms with Crippen LogP contribution in [0.3, 0.4) is 0 Å². The zero-order valence-electron chi connectivity index (χ0n) is 8.88. The van der Waals surface area contributed by atoms with Crippen LogP contribution in [0.25, 0.3) is 0 Å². The highest BCUT2D eigenvalue weighted by Crippen LogP contribution is 2.08. The topological polar surface area (TPSA) is 12.5 Å². The van der Waals surface area contributed by atoms with E-state index >= 15 is 0 Å². The molecule has 0 atom stereocenters. The molecule has 1 saturated heterocycles. The van der Waals surface area contributed by atoms with Gasteiger partial charge in [0.05, 0.1) is 13.2 Å². The Balaban J connectivity index is 2.25. The minimum absolute atomic E-state index is 0.886. The zero-order valence-corrected chi connectivity index (χ0v) is 8.88. The van der Waals surface area contributed by atoms with Gasteiger partial charge in [-0.15, -0.1) is 0 Å². The predicted octanol–water partition coefficient (Wildman–Crippen LogP) is 2.41. The van der Waals surface area contributed by atoms with Gasteiger partial charge in [0.2, 0.25) is 0 Å². The van der Waals surface area contributed by atoms with Gasteiger partial charge in [0.15, 0.2) is 0 Å². The first-order valence-corrected chi connectivity index (χ1v) is 5.32. The van der Waals surface area contributed by atoms with E-state index in [1.807, 2.05) is 0 Å². The molecule has 0 aromatic carbocycles. The molecule has 0 aromatic heterocycles. The van der Waals surface area contributed by atoms with E-state index in [2.05, 4.69) is 24.9 Å². The number of hydrogen-bond donors (Lipinski definition) is 0. The van der Waals surface area contributed by atoms with Crippen molar-refractivity contribution in [2.24, 2.45) is 0 Å². The third kappa shape index (κ3) is 4.32. The highest BCUT2D eigenvalue weighted by atomic mass is 16.5. The highest BCUT2D eigenvalue weighted by molar-refractivity contribution is 4.97. The first-order chi connectivity index (χ1) is 6.33. The van der Waals surface area contributed by atoms with Gasteiger partial charge in [-0.2, -0.15) is 0 Å². The second-order valence-corrected chi connectivity index (χ2v) is 3.73. The van der Waals surface area contributed by atoms with Crippen molar-refractivity contribution in [3.8, 4) is 0 Å². The third-order valence-corrected chi connectivity index (χ3v) is 2.37. The first-order valence-electron chi connectivity index (χ1n) is 5.32. The van der Waals surface area contributed by atoms with Crippen molar-refractivity contribution in [2.45, 2.75) is 33.1 Å². The molecule has 2 nitrogen and oxygen atoms in total. The first kappa shape index (κ1) is 10.6. The van der Waals surface area contributed by atoms with Crippen LogP contribution in [0.5, 0.6) is 0 Å². The number of morpholine rings is 1. The molecule has 0 bridgehead atoms. The predicted molar refractivity (Wildman–Crippen MR) is 55.7 cm³/mol. The Kier molecular flexibility index (Phi) is 4.91. The smallest absolute Gasteiger partial charge is 0.0642 e. The van der Waals surface area contributed by atoms with Crippen molar-refractivity contribution in [3.05, 3.63) is 11.8 Å². The maximum Gasteiger partial charge on any atom is 0.0642 e. The summed E-state index contributed by atoms with van der Waals surface area (Å²) in [7, 11) is 0. The molecular weight excluding hydrogens is 162 g/mol. The van der Waals surface area contributed by atoms with Crippen LogP contribution in [0.15, 0.2) is 11.8 Å². The molecule has 0 N–H and O–H groups in total. The molecule has 13 heavy (non-hydrogen) atoms. The van der Waals surface area contributed by atoms with Crippen LogP contribution in [0.4, 0.5) is 0 Å². The van der Waals surface area contributed by atoms with Crippen LogP contribution in [-0.2, 0) is 4.74 Å². The molecule has 0 aliphatic carbocycles. The molecule has 0 aromatic rings. The van der Waals surface area contributed by atoms with Crippen LogP contribution in [0, 0.1) is 0 Å². The van der Waals surface area contributed by atoms with E-state index in [9.17, 15) is 0 Å². The van der Waals surface area contributed by atoms with Crippen molar-refractivity contribution in [2.75, 3.05) is 26.3 Å². The SMILES string of the molecule is CCCC/C(C)=C/N1CCOCC1. The van der Waals surface area contributed by atoms with E-state index < -0.39 is 0 Å². The normalized spacial score (nSPS) is 19.2. The van der Waals surface area contributed by atoms with Crippen molar-refractivity contribution >= 4 is 0 Å². The minimum atomic E-state index is 0.886. The van der Waals surface area contributed by atoms with E-state index in [0.29, 0.717) is 0 Å². The van der Waals surface area contributed by atoms with Crippen molar-refractivity contribution in [3.63, 3.8) is 0 Å². The summed E-state index contributed by atoms with van der Waals surface area (Å²) in [6.07, 6.45) is 6.15. The van der Waals surface area contributed by atoms with Gasteiger partial charge in [0.25, 0.3) is 0 Å². The molecule has 1 aliphatic rings. The molecule has 0 radical (unpaired) electrons. The number of hydrogen-bond acceptors (Lipinski definition) is 2. The average molecular weight is 183 g/mol. The lowest BCUT2D eigenvalue weighted by Crippen LogP contribution is -2.32. The Morgan fingerprint density at radius 3 is 2.69 bits per heavy atom. The largest absolute Gasteiger partial charge is 0.378 e. The maximum absolute atomic E-state index is 5.29. The zero-order chi connectivity index (χ0) is 9.52. The van der Waals surface area contributed by atoms with E-state index in [-0.39, 0.29) is 0 Å². The molecular formula is C11H21NO. The summed E-state index contributed by atoms with van der Waals surface area (Å²) in [4.78, 5) is 2.37. The summed E-state index contributed by atoms with van der Waals surface area (Å²) in [5.74, 6) is 0. The fourth-order valence-corrected chi connectivity index (χ4v) is 1.54. The molecule has 0 spiro atoms. The highest BCUT2D eigenvalue weighted by Gasteiger charge is 2.05. The van der Waals surface area contributed by atoms with Crippen molar-refractivity contribution < 1.29 is 4.74 Å². The van der Waals surface area contributed by atoms with E-state index in [1.54, 1.807) is 0 Å². The van der Waals surface area contributed by atoms with E-state index in [1.165, 1.54) is 24.8 Å². The molecule has 2 heteroatoms. The fourth-order valence-electron chi connectivity index (χ4n) is 1.54. The number of ether oxygens (including phenoxy) is 1. The number of nitrogens with zero attached hydrogens (tertiary/aromatic N) is 1. The van der Waals surface area contributed by atoms with Crippen LogP contribution in [0.2, 0.25) is 0 Å². The molecule has 76 valence electrons. The van der Waals surface area contributed by atoms with Crippen molar-refractivity contribution in [1.29, 1.82) is 0 Å². The Morgan fingerprint density at radius 2 is 2.08 bits per heavy atom. The lowest BCUT2D eigenvalue weighted by atomic mass is 10.1. The van der Waals surface area contributed by atoms with Gasteiger partial charge in [-0.1, -0.05) is 18.9 Å². The molecule has 1 heterocycles. The molecule has 1 aliphatic heterocycles. The van der Waals surface area contributed by atoms with E-state index in [4.69, 9.17) is 4.74 Å². The summed E-state index contributed by atoms with van der Waals surface area (Å²) in [6, 6.07) is 0. The van der Waals surface area contributed by atoms with Crippen LogP contribution in [0.1, 0.15) is 33.1 Å². The van der Waals surface area contributed by atoms with Gasteiger partial charge in [0, 0.05) is 13.1 Å². The molecule has 0 unspecified atom stereocenters. The monoisotopic (exact) mass is 183 g/mol. The Labute approximate surface area is 81.6 Å². The van der Waals surface area contributed by atoms with Gasteiger partial charge in [-0.3, -0.25) is 0 Å². The summed E-state index contributed by atoms with van der Waals surface area (Å²) in [6.45, 7) is 8.36. The van der Waals surface area contributed by atoms with Crippen LogP contribution < -0.4 is 0 Å². The molecule has 1 fully saturated rings. The standard InChI is InChI=1S/C11H21NO/c1-3-4-5-11(2)10-12-6-8-13-9-7-12/h10H,3-9H2,1-2H3/b11-10+. The number of rotatable bonds is 4. The second kappa shape index (κ2) is 6.03. The number of allylic oxidation sites excluding steroid dienone is 1. The average Bonchev–Trinajstić information content (AvgIpc) is 2.16. The third-order valence-electron chi connectivity index (χ3n) is 2.37. The van der Waals surface area contributed by atoms with Gasteiger partial charge in [0.1, 0.15) is 0 Å². The lowest BCUT2D eigenvalue weighted by Gasteiger charge is -2.26. The van der Waals surface area contributed by atoms with Gasteiger partial charge in [-0.05, 0) is 26.0 Å². The Bertz CT molecular complexity index is 159. The second-order valence-electron chi connectivity index (χ2n) is 3.73. The summed E-state index contributed by atoms with van der Waals surface area (Å²) in [5.41, 5.74) is 1.50. The summed E-state index contributed by atoms with van der Waals surface area (Å²) >= 11 is 0. The maximum atomic E-state index is 5.29. The van der Waals surface area contributed by atoms with Gasteiger partial charge < -0.3 is 9.64 Å². The van der Waals surface area contributed by atoms with E-state index in [0.717, 1.165) is 26.3 Å². The Morgan fingerprint density at radius 1 is 1.38 bits per heavy atom. The van der Waals surface area contributed by atoms with Crippen molar-refractivity contribution in [1.82, 2.24) is 4.90 Å². The molecule has 0 amide bonds. The Hall–Kier alpha value is -0.500. The summed E-state index contributed by atoms with van der Waals surface area (Å²) in [5, 5.41) is 0. The summed E-state index contributed by atoms with van der Waals surface area (Å²) < 4.78 is 5.29. The fraction of sp³-hybridized carbons (Fsp3) is 0.818. The minimum Gasteiger partial charge on any atom is -0.378 e. The quantitative estimate of drug-likeness (QED) is 0.663. The lowest BCUT2D eigenvalue weighted by molar-refractivity contribution is 0.0589. The van der Waals surface area contributed by atoms with Crippen LogP contribution in [-0.4, -0.2) is 31.2 Å². The molecule has 1 rings (SSSR count). The van der Waals surface area contributed by atoms with Crippen LogP contribution >= 0.6 is 0 Å². The molecule has 0 saturated carbocycles. The number of unbranched alkanes of at least 4 members (excludes halogenated alkanes) is 1. The van der Waals surface area contributed by atoms with Gasteiger partial charge >= 0.3 is 0 Å².